The van der Waals surface area contributed by atoms with Gasteiger partial charge in [0, 0.05) is 30.7 Å². The predicted octanol–water partition coefficient (Wildman–Crippen LogP) is 2.79. The molecule has 0 aliphatic carbocycles. The van der Waals surface area contributed by atoms with E-state index in [0.29, 0.717) is 23.8 Å². The number of rotatable bonds is 5. The minimum Gasteiger partial charge on any atom is -0.497 e. The van der Waals surface area contributed by atoms with Crippen LogP contribution >= 0.6 is 0 Å². The fourth-order valence-electron chi connectivity index (χ4n) is 2.37. The Morgan fingerprint density at radius 1 is 1.29 bits per heavy atom. The van der Waals surface area contributed by atoms with Crippen molar-refractivity contribution in [2.24, 2.45) is 5.92 Å². The number of ether oxygens (including phenoxy) is 1. The van der Waals surface area contributed by atoms with Crippen LogP contribution in [-0.2, 0) is 0 Å². The Bertz CT molecular complexity index is 853. The highest BCUT2D eigenvalue weighted by Gasteiger charge is 2.14. The van der Waals surface area contributed by atoms with E-state index in [1.165, 1.54) is 0 Å². The second-order valence-electron chi connectivity index (χ2n) is 5.97. The molecule has 0 spiro atoms. The summed E-state index contributed by atoms with van der Waals surface area (Å²) in [6, 6.07) is 7.60. The minimum atomic E-state index is -0.173. The molecule has 24 heavy (non-hydrogen) atoms. The zero-order valence-corrected chi connectivity index (χ0v) is 14.0. The van der Waals surface area contributed by atoms with E-state index in [2.05, 4.69) is 29.1 Å². The van der Waals surface area contributed by atoms with Crippen molar-refractivity contribution in [1.82, 2.24) is 19.7 Å². The van der Waals surface area contributed by atoms with Crippen LogP contribution in [0.15, 0.2) is 42.9 Å². The van der Waals surface area contributed by atoms with Crippen LogP contribution in [0.4, 0.5) is 0 Å². The molecule has 3 aromatic rings. The zero-order chi connectivity index (χ0) is 17.1. The Kier molecular flexibility index (Phi) is 4.46. The summed E-state index contributed by atoms with van der Waals surface area (Å²) in [5, 5.41) is 2.88. The number of nitrogens with one attached hydrogen (secondary N) is 1. The minimum absolute atomic E-state index is 0.173. The Morgan fingerprint density at radius 2 is 2.04 bits per heavy atom. The number of fused-ring (bicyclic) bond motifs is 1. The van der Waals surface area contributed by atoms with Gasteiger partial charge in [0.2, 0.25) is 0 Å². The summed E-state index contributed by atoms with van der Waals surface area (Å²) in [6.45, 7) is 4.72. The van der Waals surface area contributed by atoms with E-state index in [9.17, 15) is 4.79 Å². The van der Waals surface area contributed by atoms with Gasteiger partial charge in [-0.3, -0.25) is 9.78 Å². The second kappa shape index (κ2) is 6.70. The standard InChI is InChI=1S/C18H20N4O2/c1-12(2)10-20-18(23)15-11-22-9-8-19-16(17(22)21-15)13-4-6-14(24-3)7-5-13/h4-9,11-12H,10H2,1-3H3,(H,20,23). The smallest absolute Gasteiger partial charge is 0.271 e. The first-order chi connectivity index (χ1) is 11.6. The van der Waals surface area contributed by atoms with Gasteiger partial charge in [-0.25, -0.2) is 4.98 Å². The van der Waals surface area contributed by atoms with Crippen molar-refractivity contribution >= 4 is 11.6 Å². The van der Waals surface area contributed by atoms with Crippen LogP contribution in [0.5, 0.6) is 5.75 Å². The number of nitrogens with zero attached hydrogens (tertiary/aromatic N) is 3. The van der Waals surface area contributed by atoms with Crippen molar-refractivity contribution in [2.75, 3.05) is 13.7 Å². The number of aromatic nitrogens is 3. The number of hydrogen-bond donors (Lipinski definition) is 1. The maximum Gasteiger partial charge on any atom is 0.271 e. The molecule has 0 saturated heterocycles. The lowest BCUT2D eigenvalue weighted by atomic mass is 10.1. The lowest BCUT2D eigenvalue weighted by Crippen LogP contribution is -2.27. The van der Waals surface area contributed by atoms with Crippen LogP contribution in [0, 0.1) is 5.92 Å². The first-order valence-electron chi connectivity index (χ1n) is 7.85. The third-order valence-corrected chi connectivity index (χ3v) is 3.64. The topological polar surface area (TPSA) is 68.5 Å². The highest BCUT2D eigenvalue weighted by Crippen LogP contribution is 2.24. The first-order valence-corrected chi connectivity index (χ1v) is 7.85. The molecule has 6 heteroatoms. The normalized spacial score (nSPS) is 11.0. The zero-order valence-electron chi connectivity index (χ0n) is 14.0. The molecule has 124 valence electrons. The van der Waals surface area contributed by atoms with Crippen molar-refractivity contribution in [2.45, 2.75) is 13.8 Å². The van der Waals surface area contributed by atoms with E-state index in [1.807, 2.05) is 28.7 Å². The lowest BCUT2D eigenvalue weighted by Gasteiger charge is -2.05. The van der Waals surface area contributed by atoms with Crippen LogP contribution < -0.4 is 10.1 Å². The van der Waals surface area contributed by atoms with Crippen molar-refractivity contribution < 1.29 is 9.53 Å². The van der Waals surface area contributed by atoms with E-state index in [4.69, 9.17) is 4.74 Å². The number of carbonyl (C=O) groups excluding carboxylic acids is 1. The SMILES string of the molecule is COc1ccc(-c2nccn3cc(C(=O)NCC(C)C)nc23)cc1. The fraction of sp³-hybridized carbons (Fsp3) is 0.278. The summed E-state index contributed by atoms with van der Waals surface area (Å²) in [7, 11) is 1.63. The lowest BCUT2D eigenvalue weighted by molar-refractivity contribution is 0.0944. The monoisotopic (exact) mass is 324 g/mol. The fourth-order valence-corrected chi connectivity index (χ4v) is 2.37. The molecular formula is C18H20N4O2. The summed E-state index contributed by atoms with van der Waals surface area (Å²) >= 11 is 0. The first kappa shape index (κ1) is 16.0. The number of amides is 1. The van der Waals surface area contributed by atoms with Gasteiger partial charge in [0.05, 0.1) is 7.11 Å². The maximum absolute atomic E-state index is 12.2. The number of hydrogen-bond acceptors (Lipinski definition) is 4. The summed E-state index contributed by atoms with van der Waals surface area (Å²) in [6.07, 6.45) is 5.21. The Balaban J connectivity index is 1.96. The van der Waals surface area contributed by atoms with Crippen LogP contribution in [0.3, 0.4) is 0 Å². The molecule has 3 rings (SSSR count). The highest BCUT2D eigenvalue weighted by atomic mass is 16.5. The molecule has 2 heterocycles. The second-order valence-corrected chi connectivity index (χ2v) is 5.97. The van der Waals surface area contributed by atoms with Crippen LogP contribution in [0.25, 0.3) is 16.9 Å². The number of methoxy groups -OCH3 is 1. The molecule has 0 bridgehead atoms. The molecule has 0 fully saturated rings. The van der Waals surface area contributed by atoms with Gasteiger partial charge in [-0.2, -0.15) is 0 Å². The third kappa shape index (κ3) is 3.22. The highest BCUT2D eigenvalue weighted by molar-refractivity contribution is 5.93. The largest absolute Gasteiger partial charge is 0.497 e. The molecule has 0 aliphatic heterocycles. The Labute approximate surface area is 140 Å². The molecule has 0 unspecified atom stereocenters. The molecule has 2 aromatic heterocycles. The van der Waals surface area contributed by atoms with E-state index in [-0.39, 0.29) is 5.91 Å². The number of imidazole rings is 1. The predicted molar refractivity (Wildman–Crippen MR) is 92.1 cm³/mol. The molecule has 1 N–H and O–H groups in total. The van der Waals surface area contributed by atoms with E-state index in [1.54, 1.807) is 25.7 Å². The van der Waals surface area contributed by atoms with Gasteiger partial charge in [0.1, 0.15) is 17.1 Å². The van der Waals surface area contributed by atoms with Crippen LogP contribution in [0.2, 0.25) is 0 Å². The number of carbonyl (C=O) groups is 1. The van der Waals surface area contributed by atoms with Gasteiger partial charge in [-0.05, 0) is 30.2 Å². The molecule has 0 radical (unpaired) electrons. The molecule has 6 nitrogen and oxygen atoms in total. The van der Waals surface area contributed by atoms with Gasteiger partial charge in [0.15, 0.2) is 5.65 Å². The van der Waals surface area contributed by atoms with Crippen molar-refractivity contribution in [3.8, 4) is 17.0 Å². The molecule has 0 saturated carbocycles. The van der Waals surface area contributed by atoms with Crippen LogP contribution in [0.1, 0.15) is 24.3 Å². The van der Waals surface area contributed by atoms with E-state index in [0.717, 1.165) is 17.0 Å². The molecule has 1 aromatic carbocycles. The Morgan fingerprint density at radius 3 is 2.71 bits per heavy atom. The molecule has 0 atom stereocenters. The third-order valence-electron chi connectivity index (χ3n) is 3.64. The van der Waals surface area contributed by atoms with Gasteiger partial charge < -0.3 is 14.5 Å². The Hall–Kier alpha value is -2.89. The van der Waals surface area contributed by atoms with Crippen LogP contribution in [-0.4, -0.2) is 33.9 Å². The van der Waals surface area contributed by atoms with Gasteiger partial charge in [-0.1, -0.05) is 13.8 Å². The number of benzene rings is 1. The van der Waals surface area contributed by atoms with Gasteiger partial charge in [0.25, 0.3) is 5.91 Å². The maximum atomic E-state index is 12.2. The van der Waals surface area contributed by atoms with Crippen molar-refractivity contribution in [1.29, 1.82) is 0 Å². The van der Waals surface area contributed by atoms with Crippen molar-refractivity contribution in [3.63, 3.8) is 0 Å². The average Bonchev–Trinajstić information content (AvgIpc) is 3.04. The summed E-state index contributed by atoms with van der Waals surface area (Å²) in [5.74, 6) is 0.999. The molecular weight excluding hydrogens is 304 g/mol. The van der Waals surface area contributed by atoms with Gasteiger partial charge in [-0.15, -0.1) is 0 Å². The summed E-state index contributed by atoms with van der Waals surface area (Å²) in [5.41, 5.74) is 2.68. The summed E-state index contributed by atoms with van der Waals surface area (Å²) < 4.78 is 7.00. The summed E-state index contributed by atoms with van der Waals surface area (Å²) in [4.78, 5) is 21.1. The molecule has 1 amide bonds. The van der Waals surface area contributed by atoms with Gasteiger partial charge >= 0.3 is 0 Å². The van der Waals surface area contributed by atoms with Crippen molar-refractivity contribution in [3.05, 3.63) is 48.5 Å². The van der Waals surface area contributed by atoms with E-state index >= 15 is 0 Å². The quantitative estimate of drug-likeness (QED) is 0.783. The van der Waals surface area contributed by atoms with E-state index < -0.39 is 0 Å². The average molecular weight is 324 g/mol. The molecule has 0 aliphatic rings.